The van der Waals surface area contributed by atoms with Crippen LogP contribution in [0.2, 0.25) is 10.0 Å². The van der Waals surface area contributed by atoms with Crippen molar-refractivity contribution >= 4 is 23.2 Å². The Bertz CT molecular complexity index is 289. The van der Waals surface area contributed by atoms with Crippen molar-refractivity contribution < 1.29 is 9.84 Å². The Balaban J connectivity index is 2.81. The van der Waals surface area contributed by atoms with E-state index in [0.29, 0.717) is 16.5 Å². The highest BCUT2D eigenvalue weighted by molar-refractivity contribution is 6.33. The molecule has 0 aliphatic carbocycles. The first-order chi connectivity index (χ1) is 6.13. The Morgan fingerprint density at radius 2 is 2.15 bits per heavy atom. The Morgan fingerprint density at radius 3 is 2.77 bits per heavy atom. The Hall–Kier alpha value is -0.280. The summed E-state index contributed by atoms with van der Waals surface area (Å²) in [5, 5.41) is 10.4. The van der Waals surface area contributed by atoms with Crippen LogP contribution >= 0.6 is 23.2 Å². The van der Waals surface area contributed by atoms with Crippen molar-refractivity contribution in [1.82, 2.24) is 0 Å². The van der Waals surface area contributed by atoms with Gasteiger partial charge in [-0.2, -0.15) is 0 Å². The summed E-state index contributed by atoms with van der Waals surface area (Å²) in [6.45, 7) is 0. The minimum absolute atomic E-state index is 0.343. The molecule has 1 N–H and O–H groups in total. The minimum Gasteiger partial charge on any atom is -0.368 e. The number of hydrogen-bond acceptors (Lipinski definition) is 2. The minimum atomic E-state index is -0.837. The molecule has 0 amide bonds. The van der Waals surface area contributed by atoms with E-state index in [-0.39, 0.29) is 0 Å². The highest BCUT2D eigenvalue weighted by atomic mass is 35.5. The monoisotopic (exact) mass is 220 g/mol. The lowest BCUT2D eigenvalue weighted by atomic mass is 10.1. The van der Waals surface area contributed by atoms with Gasteiger partial charge in [0.25, 0.3) is 0 Å². The predicted molar refractivity (Wildman–Crippen MR) is 53.2 cm³/mol. The molecule has 0 saturated carbocycles. The highest BCUT2D eigenvalue weighted by Crippen LogP contribution is 2.21. The van der Waals surface area contributed by atoms with Gasteiger partial charge in [-0.25, -0.2) is 0 Å². The van der Waals surface area contributed by atoms with Crippen LogP contribution in [0.5, 0.6) is 0 Å². The second-order valence-electron chi connectivity index (χ2n) is 2.63. The quantitative estimate of drug-likeness (QED) is 0.794. The first kappa shape index (κ1) is 10.8. The molecule has 1 aromatic rings. The van der Waals surface area contributed by atoms with Gasteiger partial charge in [-0.1, -0.05) is 23.2 Å². The number of aliphatic hydroxyl groups excluding tert-OH is 1. The molecule has 0 fully saturated rings. The molecule has 0 saturated heterocycles. The zero-order valence-corrected chi connectivity index (χ0v) is 8.64. The molecule has 1 aromatic carbocycles. The average molecular weight is 221 g/mol. The lowest BCUT2D eigenvalue weighted by Crippen LogP contribution is -2.12. The third kappa shape index (κ3) is 3.16. The molecule has 13 heavy (non-hydrogen) atoms. The van der Waals surface area contributed by atoms with Gasteiger partial charge in [-0.15, -0.1) is 0 Å². The molecule has 0 spiro atoms. The lowest BCUT2D eigenvalue weighted by Gasteiger charge is -2.09. The van der Waals surface area contributed by atoms with Crippen molar-refractivity contribution in [3.63, 3.8) is 0 Å². The van der Waals surface area contributed by atoms with E-state index in [0.717, 1.165) is 5.56 Å². The summed E-state index contributed by atoms with van der Waals surface area (Å²) < 4.78 is 4.70. The van der Waals surface area contributed by atoms with E-state index in [9.17, 15) is 5.11 Å². The summed E-state index contributed by atoms with van der Waals surface area (Å²) in [5.74, 6) is 0. The number of halogens is 2. The number of ether oxygens (including phenoxy) is 1. The fourth-order valence-electron chi connectivity index (χ4n) is 0.971. The molecule has 0 aliphatic rings. The van der Waals surface area contributed by atoms with Gasteiger partial charge >= 0.3 is 0 Å². The maximum absolute atomic E-state index is 9.20. The summed E-state index contributed by atoms with van der Waals surface area (Å²) in [4.78, 5) is 0. The lowest BCUT2D eigenvalue weighted by molar-refractivity contribution is -0.0720. The second kappa shape index (κ2) is 4.82. The molecule has 4 heteroatoms. The van der Waals surface area contributed by atoms with Crippen LogP contribution in [-0.4, -0.2) is 18.5 Å². The fraction of sp³-hybridized carbons (Fsp3) is 0.333. The van der Waals surface area contributed by atoms with E-state index in [4.69, 9.17) is 27.9 Å². The number of benzene rings is 1. The molecule has 0 aliphatic heterocycles. The normalized spacial score (nSPS) is 12.9. The van der Waals surface area contributed by atoms with Gasteiger partial charge in [0.15, 0.2) is 6.29 Å². The molecule has 1 unspecified atom stereocenters. The van der Waals surface area contributed by atoms with Gasteiger partial charge in [0, 0.05) is 23.6 Å². The van der Waals surface area contributed by atoms with Crippen molar-refractivity contribution in [1.29, 1.82) is 0 Å². The standard InChI is InChI=1S/C9H10Cl2O2/c1-13-9(12)5-6-4-7(10)2-3-8(6)11/h2-4,9,12H,5H2,1H3. The third-order valence-electron chi connectivity index (χ3n) is 1.67. The van der Waals surface area contributed by atoms with Crippen molar-refractivity contribution in [3.8, 4) is 0 Å². The molecule has 0 heterocycles. The molecule has 0 radical (unpaired) electrons. The van der Waals surface area contributed by atoms with Crippen LogP contribution in [0, 0.1) is 0 Å². The third-order valence-corrected chi connectivity index (χ3v) is 2.28. The summed E-state index contributed by atoms with van der Waals surface area (Å²) in [6, 6.07) is 5.11. The second-order valence-corrected chi connectivity index (χ2v) is 3.47. The van der Waals surface area contributed by atoms with E-state index in [1.807, 2.05) is 0 Å². The molecular weight excluding hydrogens is 211 g/mol. The molecule has 72 valence electrons. The van der Waals surface area contributed by atoms with E-state index >= 15 is 0 Å². The smallest absolute Gasteiger partial charge is 0.158 e. The van der Waals surface area contributed by atoms with Crippen LogP contribution < -0.4 is 0 Å². The number of rotatable bonds is 3. The van der Waals surface area contributed by atoms with Gasteiger partial charge in [0.05, 0.1) is 0 Å². The van der Waals surface area contributed by atoms with Crippen molar-refractivity contribution in [2.75, 3.05) is 7.11 Å². The Kier molecular flexibility index (Phi) is 4.00. The van der Waals surface area contributed by atoms with Crippen molar-refractivity contribution in [3.05, 3.63) is 33.8 Å². The van der Waals surface area contributed by atoms with Gasteiger partial charge < -0.3 is 9.84 Å². The Labute approximate surface area is 87.0 Å². The van der Waals surface area contributed by atoms with E-state index < -0.39 is 6.29 Å². The average Bonchev–Trinajstić information content (AvgIpc) is 2.11. The van der Waals surface area contributed by atoms with E-state index in [1.54, 1.807) is 18.2 Å². The molecule has 1 rings (SSSR count). The Morgan fingerprint density at radius 1 is 1.46 bits per heavy atom. The van der Waals surface area contributed by atoms with Gasteiger partial charge in [0.2, 0.25) is 0 Å². The summed E-state index contributed by atoms with van der Waals surface area (Å²) in [6.07, 6.45) is -0.494. The van der Waals surface area contributed by atoms with Crippen LogP contribution in [0.15, 0.2) is 18.2 Å². The first-order valence-corrected chi connectivity index (χ1v) is 4.54. The fourth-order valence-corrected chi connectivity index (χ4v) is 1.36. The first-order valence-electron chi connectivity index (χ1n) is 3.78. The maximum atomic E-state index is 9.20. The largest absolute Gasteiger partial charge is 0.368 e. The predicted octanol–water partition coefficient (Wildman–Crippen LogP) is 2.50. The van der Waals surface area contributed by atoms with Crippen LogP contribution in [0.1, 0.15) is 5.56 Å². The molecule has 0 aromatic heterocycles. The van der Waals surface area contributed by atoms with E-state index in [2.05, 4.69) is 0 Å². The SMILES string of the molecule is COC(O)Cc1cc(Cl)ccc1Cl. The van der Waals surface area contributed by atoms with Crippen LogP contribution in [0.4, 0.5) is 0 Å². The molecule has 2 nitrogen and oxygen atoms in total. The topological polar surface area (TPSA) is 29.5 Å². The van der Waals surface area contributed by atoms with Gasteiger partial charge in [0.1, 0.15) is 0 Å². The summed E-state index contributed by atoms with van der Waals surface area (Å²) in [7, 11) is 1.43. The maximum Gasteiger partial charge on any atom is 0.158 e. The zero-order valence-electron chi connectivity index (χ0n) is 7.13. The highest BCUT2D eigenvalue weighted by Gasteiger charge is 2.07. The van der Waals surface area contributed by atoms with Crippen LogP contribution in [-0.2, 0) is 11.2 Å². The van der Waals surface area contributed by atoms with Crippen LogP contribution in [0.3, 0.4) is 0 Å². The summed E-state index contributed by atoms with van der Waals surface area (Å²) >= 11 is 11.6. The van der Waals surface area contributed by atoms with Crippen LogP contribution in [0.25, 0.3) is 0 Å². The van der Waals surface area contributed by atoms with Crippen molar-refractivity contribution in [2.24, 2.45) is 0 Å². The van der Waals surface area contributed by atoms with Crippen molar-refractivity contribution in [2.45, 2.75) is 12.7 Å². The number of aliphatic hydroxyl groups is 1. The van der Waals surface area contributed by atoms with E-state index in [1.165, 1.54) is 7.11 Å². The number of methoxy groups -OCH3 is 1. The molecule has 1 atom stereocenters. The molecular formula is C9H10Cl2O2. The van der Waals surface area contributed by atoms with Gasteiger partial charge in [-0.3, -0.25) is 0 Å². The van der Waals surface area contributed by atoms with Gasteiger partial charge in [-0.05, 0) is 23.8 Å². The molecule has 0 bridgehead atoms. The number of hydrogen-bond donors (Lipinski definition) is 1. The zero-order chi connectivity index (χ0) is 9.84. The summed E-state index contributed by atoms with van der Waals surface area (Å²) in [5.41, 5.74) is 0.781.